The summed E-state index contributed by atoms with van der Waals surface area (Å²) in [5.74, 6) is -0.396. The van der Waals surface area contributed by atoms with Crippen molar-refractivity contribution in [1.29, 1.82) is 0 Å². The Kier molecular flexibility index (Phi) is 5.40. The van der Waals surface area contributed by atoms with Gasteiger partial charge in [0.2, 0.25) is 5.91 Å². The molecule has 1 aliphatic heterocycles. The van der Waals surface area contributed by atoms with E-state index in [0.29, 0.717) is 10.9 Å². The van der Waals surface area contributed by atoms with Gasteiger partial charge in [-0.1, -0.05) is 79.7 Å². The minimum absolute atomic E-state index is 0.396. The van der Waals surface area contributed by atoms with Crippen molar-refractivity contribution in [2.24, 2.45) is 5.73 Å². The number of benzene rings is 3. The summed E-state index contributed by atoms with van der Waals surface area (Å²) in [6.45, 7) is 3.12. The molecule has 0 saturated heterocycles. The van der Waals surface area contributed by atoms with Crippen LogP contribution in [0.15, 0.2) is 77.7 Å². The molecule has 1 amide bonds. The summed E-state index contributed by atoms with van der Waals surface area (Å²) in [5.41, 5.74) is 10.6. The van der Waals surface area contributed by atoms with Crippen LogP contribution >= 0.6 is 11.8 Å². The molecule has 3 aromatic rings. The first kappa shape index (κ1) is 18.6. The van der Waals surface area contributed by atoms with Crippen molar-refractivity contribution >= 4 is 23.4 Å². The molecule has 3 aromatic carbocycles. The summed E-state index contributed by atoms with van der Waals surface area (Å²) in [7, 11) is 0. The molecular weight excluding hydrogens is 364 g/mol. The summed E-state index contributed by atoms with van der Waals surface area (Å²) in [6.07, 6.45) is 2.34. The van der Waals surface area contributed by atoms with Gasteiger partial charge in [-0.25, -0.2) is 0 Å². The Morgan fingerprint density at radius 3 is 2.46 bits per heavy atom. The second kappa shape index (κ2) is 8.11. The third kappa shape index (κ3) is 3.65. The Labute approximate surface area is 170 Å². The van der Waals surface area contributed by atoms with Crippen molar-refractivity contribution < 1.29 is 4.79 Å². The molecule has 3 nitrogen and oxygen atoms in total. The second-order valence-corrected chi connectivity index (χ2v) is 8.28. The topological polar surface area (TPSA) is 46.3 Å². The molecule has 1 aliphatic rings. The number of thioether (sulfide) groups is 1. The first-order valence-corrected chi connectivity index (χ1v) is 10.6. The highest BCUT2D eigenvalue weighted by molar-refractivity contribution is 8.00. The Hall–Kier alpha value is -2.72. The van der Waals surface area contributed by atoms with E-state index in [9.17, 15) is 4.79 Å². The summed E-state index contributed by atoms with van der Waals surface area (Å²) in [5, 5.41) is 0.484. The Morgan fingerprint density at radius 1 is 1.00 bits per heavy atom. The van der Waals surface area contributed by atoms with Crippen molar-refractivity contribution in [3.63, 3.8) is 0 Å². The lowest BCUT2D eigenvalue weighted by Gasteiger charge is -2.26. The summed E-state index contributed by atoms with van der Waals surface area (Å²) in [4.78, 5) is 15.6. The molecule has 0 aromatic heterocycles. The first-order chi connectivity index (χ1) is 13.7. The average molecular weight is 389 g/mol. The third-order valence-electron chi connectivity index (χ3n) is 5.13. The van der Waals surface area contributed by atoms with E-state index < -0.39 is 5.91 Å². The Morgan fingerprint density at radius 2 is 1.71 bits per heavy atom. The van der Waals surface area contributed by atoms with E-state index in [1.54, 1.807) is 6.07 Å². The standard InChI is InChI=1S/C24H24N2OS/c1-2-7-23-26(21-10-5-6-11-22(21)28-23)16-17-12-14-18(15-13-17)19-8-3-4-9-20(19)24(25)27/h3-6,8-15,23H,2,7,16H2,1H3,(H2,25,27). The highest BCUT2D eigenvalue weighted by atomic mass is 32.2. The quantitative estimate of drug-likeness (QED) is 0.590. The zero-order chi connectivity index (χ0) is 19.5. The van der Waals surface area contributed by atoms with Crippen molar-refractivity contribution in [3.8, 4) is 11.1 Å². The SMILES string of the molecule is CCCC1Sc2ccccc2N1Cc1ccc(-c2ccccc2C(N)=O)cc1. The molecule has 142 valence electrons. The maximum Gasteiger partial charge on any atom is 0.249 e. The summed E-state index contributed by atoms with van der Waals surface area (Å²) in [6, 6.07) is 24.6. The van der Waals surface area contributed by atoms with Crippen LogP contribution in [0.25, 0.3) is 11.1 Å². The maximum atomic E-state index is 11.7. The smallest absolute Gasteiger partial charge is 0.249 e. The van der Waals surface area contributed by atoms with Crippen LogP contribution in [0.1, 0.15) is 35.7 Å². The number of rotatable bonds is 6. The van der Waals surface area contributed by atoms with Crippen LogP contribution in [0, 0.1) is 0 Å². The van der Waals surface area contributed by atoms with E-state index in [4.69, 9.17) is 5.73 Å². The van der Waals surface area contributed by atoms with Gasteiger partial charge < -0.3 is 10.6 Å². The van der Waals surface area contributed by atoms with E-state index in [0.717, 1.165) is 17.7 Å². The zero-order valence-electron chi connectivity index (χ0n) is 16.0. The summed E-state index contributed by atoms with van der Waals surface area (Å²) >= 11 is 1.97. The first-order valence-electron chi connectivity index (χ1n) is 9.68. The normalized spacial score (nSPS) is 15.5. The number of nitrogens with zero attached hydrogens (tertiary/aromatic N) is 1. The fourth-order valence-electron chi connectivity index (χ4n) is 3.74. The lowest BCUT2D eigenvalue weighted by atomic mass is 9.98. The van der Waals surface area contributed by atoms with Gasteiger partial charge in [-0.05, 0) is 41.3 Å². The number of primary amides is 1. The van der Waals surface area contributed by atoms with Gasteiger partial charge in [-0.3, -0.25) is 4.79 Å². The van der Waals surface area contributed by atoms with Crippen LogP contribution in [-0.2, 0) is 6.54 Å². The molecule has 0 aliphatic carbocycles. The van der Waals surface area contributed by atoms with Crippen LogP contribution in [0.2, 0.25) is 0 Å². The molecule has 4 rings (SSSR count). The lowest BCUT2D eigenvalue weighted by Crippen LogP contribution is -2.28. The molecule has 1 atom stereocenters. The van der Waals surface area contributed by atoms with Gasteiger partial charge in [-0.15, -0.1) is 0 Å². The Balaban J connectivity index is 1.59. The van der Waals surface area contributed by atoms with E-state index >= 15 is 0 Å². The number of hydrogen-bond donors (Lipinski definition) is 1. The fourth-order valence-corrected chi connectivity index (χ4v) is 5.17. The van der Waals surface area contributed by atoms with Crippen LogP contribution in [0.5, 0.6) is 0 Å². The van der Waals surface area contributed by atoms with Crippen molar-refractivity contribution in [2.45, 2.75) is 36.6 Å². The van der Waals surface area contributed by atoms with Gasteiger partial charge in [0.05, 0.1) is 11.1 Å². The van der Waals surface area contributed by atoms with Gasteiger partial charge in [-0.2, -0.15) is 0 Å². The van der Waals surface area contributed by atoms with E-state index in [1.165, 1.54) is 29.0 Å². The number of carbonyl (C=O) groups is 1. The highest BCUT2D eigenvalue weighted by Crippen LogP contribution is 2.45. The molecule has 0 saturated carbocycles. The number of nitrogens with two attached hydrogens (primary N) is 1. The van der Waals surface area contributed by atoms with Crippen molar-refractivity contribution in [2.75, 3.05) is 4.90 Å². The van der Waals surface area contributed by atoms with Crippen LogP contribution < -0.4 is 10.6 Å². The van der Waals surface area contributed by atoms with Gasteiger partial charge in [0.1, 0.15) is 0 Å². The largest absolute Gasteiger partial charge is 0.366 e. The molecule has 1 unspecified atom stereocenters. The van der Waals surface area contributed by atoms with Crippen LogP contribution in [-0.4, -0.2) is 11.3 Å². The number of carbonyl (C=O) groups excluding carboxylic acids is 1. The van der Waals surface area contributed by atoms with Gasteiger partial charge in [0.15, 0.2) is 0 Å². The van der Waals surface area contributed by atoms with Crippen molar-refractivity contribution in [3.05, 3.63) is 83.9 Å². The molecule has 2 N–H and O–H groups in total. The van der Waals surface area contributed by atoms with Crippen LogP contribution in [0.4, 0.5) is 5.69 Å². The van der Waals surface area contributed by atoms with Gasteiger partial charge >= 0.3 is 0 Å². The molecule has 1 heterocycles. The molecule has 0 radical (unpaired) electrons. The number of amides is 1. The second-order valence-electron chi connectivity index (χ2n) is 7.06. The van der Waals surface area contributed by atoms with Gasteiger partial charge in [0, 0.05) is 17.0 Å². The Bertz CT molecular complexity index is 984. The summed E-state index contributed by atoms with van der Waals surface area (Å²) < 4.78 is 0. The molecule has 0 spiro atoms. The van der Waals surface area contributed by atoms with Crippen molar-refractivity contribution in [1.82, 2.24) is 0 Å². The average Bonchev–Trinajstić information content (AvgIpc) is 3.06. The number of hydrogen-bond acceptors (Lipinski definition) is 3. The monoisotopic (exact) mass is 388 g/mol. The minimum Gasteiger partial charge on any atom is -0.366 e. The maximum absolute atomic E-state index is 11.7. The third-order valence-corrected chi connectivity index (χ3v) is 6.49. The van der Waals surface area contributed by atoms with E-state index in [2.05, 4.69) is 60.4 Å². The number of anilines is 1. The molecule has 4 heteroatoms. The molecule has 28 heavy (non-hydrogen) atoms. The predicted molar refractivity (Wildman–Crippen MR) is 118 cm³/mol. The highest BCUT2D eigenvalue weighted by Gasteiger charge is 2.28. The van der Waals surface area contributed by atoms with E-state index in [1.807, 2.05) is 30.0 Å². The number of fused-ring (bicyclic) bond motifs is 1. The molecular formula is C24H24N2OS. The fraction of sp³-hybridized carbons (Fsp3) is 0.208. The molecule has 0 bridgehead atoms. The minimum atomic E-state index is -0.396. The zero-order valence-corrected chi connectivity index (χ0v) is 16.8. The number of para-hydroxylation sites is 1. The predicted octanol–water partition coefficient (Wildman–Crippen LogP) is 5.69. The van der Waals surface area contributed by atoms with Gasteiger partial charge in [0.25, 0.3) is 0 Å². The van der Waals surface area contributed by atoms with E-state index in [-0.39, 0.29) is 0 Å². The molecule has 0 fully saturated rings. The van der Waals surface area contributed by atoms with Crippen LogP contribution in [0.3, 0.4) is 0 Å². The lowest BCUT2D eigenvalue weighted by molar-refractivity contribution is 0.100.